The summed E-state index contributed by atoms with van der Waals surface area (Å²) in [6.07, 6.45) is 6.51. The fourth-order valence-corrected chi connectivity index (χ4v) is 1.53. The second kappa shape index (κ2) is 11.4. The topological polar surface area (TPSA) is 12.9 Å². The normalized spacial score (nSPS) is 7.87. The second-order valence-electron chi connectivity index (χ2n) is 2.25. The van der Waals surface area contributed by atoms with Crippen molar-refractivity contribution in [2.75, 3.05) is 0 Å². The first-order valence-corrected chi connectivity index (χ1v) is 6.33. The Morgan fingerprint density at radius 3 is 2.13 bits per heavy atom. The third kappa shape index (κ3) is 5.73. The molecule has 0 aromatic carbocycles. The number of aryl methyl sites for hydroxylation is 1. The lowest BCUT2D eigenvalue weighted by Crippen LogP contribution is -1.88. The van der Waals surface area contributed by atoms with Crippen molar-refractivity contribution >= 4 is 22.0 Å². The van der Waals surface area contributed by atoms with E-state index in [-0.39, 0.29) is 0 Å². The van der Waals surface area contributed by atoms with Crippen LogP contribution in [0, 0.1) is 0 Å². The minimum absolute atomic E-state index is 0.994. The van der Waals surface area contributed by atoms with Crippen molar-refractivity contribution < 1.29 is 0 Å². The van der Waals surface area contributed by atoms with Crippen molar-refractivity contribution in [1.29, 1.82) is 0 Å². The van der Waals surface area contributed by atoms with E-state index in [1.165, 1.54) is 5.56 Å². The van der Waals surface area contributed by atoms with Crippen LogP contribution in [0.25, 0.3) is 6.08 Å². The van der Waals surface area contributed by atoms with Crippen LogP contribution in [0.1, 0.15) is 45.7 Å². The predicted octanol–water partition coefficient (Wildman–Crippen LogP) is 5.10. The lowest BCUT2D eigenvalue weighted by atomic mass is 10.1. The maximum atomic E-state index is 4.07. The van der Waals surface area contributed by atoms with Crippen LogP contribution < -0.4 is 0 Å². The van der Waals surface area contributed by atoms with E-state index >= 15 is 0 Å². The monoisotopic (exact) mass is 271 g/mol. The molecule has 0 saturated carbocycles. The lowest BCUT2D eigenvalue weighted by Gasteiger charge is -2.03. The number of hydrogen-bond donors (Lipinski definition) is 0. The summed E-state index contributed by atoms with van der Waals surface area (Å²) in [6.45, 7) is 13.9. The molecule has 86 valence electrons. The van der Waals surface area contributed by atoms with Crippen LogP contribution >= 0.6 is 15.9 Å². The molecular formula is C13H22BrN. The van der Waals surface area contributed by atoms with Crippen molar-refractivity contribution in [1.82, 2.24) is 4.98 Å². The summed E-state index contributed by atoms with van der Waals surface area (Å²) in [7, 11) is 0. The Labute approximate surface area is 103 Å². The Hall–Kier alpha value is -0.630. The molecule has 1 nitrogen and oxygen atoms in total. The molecule has 1 rings (SSSR count). The van der Waals surface area contributed by atoms with Gasteiger partial charge in [-0.3, -0.25) is 4.98 Å². The van der Waals surface area contributed by atoms with E-state index in [4.69, 9.17) is 0 Å². The molecule has 0 N–H and O–H groups in total. The van der Waals surface area contributed by atoms with Crippen molar-refractivity contribution in [2.24, 2.45) is 0 Å². The predicted molar refractivity (Wildman–Crippen MR) is 74.1 cm³/mol. The summed E-state index contributed by atoms with van der Waals surface area (Å²) in [4.78, 5) is 4.07. The molecule has 15 heavy (non-hydrogen) atoms. The SMILES string of the molecule is C=Cc1c(Br)cncc1CC.CC.CC. The van der Waals surface area contributed by atoms with Crippen LogP contribution in [0.3, 0.4) is 0 Å². The number of halogens is 1. The van der Waals surface area contributed by atoms with Crippen LogP contribution in [-0.4, -0.2) is 4.98 Å². The summed E-state index contributed by atoms with van der Waals surface area (Å²) in [5.41, 5.74) is 2.39. The number of nitrogens with zero attached hydrogens (tertiary/aromatic N) is 1. The van der Waals surface area contributed by atoms with Gasteiger partial charge in [0.2, 0.25) is 0 Å². The maximum Gasteiger partial charge on any atom is 0.0433 e. The minimum atomic E-state index is 0.994. The molecule has 1 aromatic rings. The standard InChI is InChI=1S/C9H10BrN.2C2H6/c1-3-7-5-11-6-9(10)8(7)4-2;2*1-2/h4-6H,2-3H2,1H3;2*1-2H3. The van der Waals surface area contributed by atoms with Gasteiger partial charge in [-0.2, -0.15) is 0 Å². The van der Waals surface area contributed by atoms with Gasteiger partial charge in [-0.15, -0.1) is 0 Å². The molecule has 0 saturated heterocycles. The second-order valence-corrected chi connectivity index (χ2v) is 3.11. The summed E-state index contributed by atoms with van der Waals surface area (Å²) >= 11 is 3.41. The van der Waals surface area contributed by atoms with E-state index in [1.54, 1.807) is 6.20 Å². The first-order chi connectivity index (χ1) is 7.29. The van der Waals surface area contributed by atoms with Crippen LogP contribution in [0.15, 0.2) is 23.4 Å². The highest BCUT2D eigenvalue weighted by Gasteiger charge is 2.00. The number of pyridine rings is 1. The number of aromatic nitrogens is 1. The Balaban J connectivity index is 0. The molecule has 0 aliphatic heterocycles. The van der Waals surface area contributed by atoms with Gasteiger partial charge in [-0.05, 0) is 33.5 Å². The van der Waals surface area contributed by atoms with Crippen LogP contribution in [0.5, 0.6) is 0 Å². The van der Waals surface area contributed by atoms with Crippen molar-refractivity contribution in [2.45, 2.75) is 41.0 Å². The van der Waals surface area contributed by atoms with Gasteiger partial charge in [0, 0.05) is 16.9 Å². The number of rotatable bonds is 2. The molecule has 0 spiro atoms. The summed E-state index contributed by atoms with van der Waals surface area (Å²) < 4.78 is 1.02. The zero-order valence-electron chi connectivity index (χ0n) is 10.5. The van der Waals surface area contributed by atoms with Crippen molar-refractivity contribution in [3.05, 3.63) is 34.6 Å². The van der Waals surface area contributed by atoms with Crippen LogP contribution in [0.4, 0.5) is 0 Å². The zero-order valence-corrected chi connectivity index (χ0v) is 12.1. The quantitative estimate of drug-likeness (QED) is 0.729. The van der Waals surface area contributed by atoms with Gasteiger partial charge in [0.1, 0.15) is 0 Å². The van der Waals surface area contributed by atoms with E-state index in [0.717, 1.165) is 16.5 Å². The molecule has 2 heteroatoms. The molecule has 1 heterocycles. The van der Waals surface area contributed by atoms with Gasteiger partial charge in [0.05, 0.1) is 0 Å². The maximum absolute atomic E-state index is 4.07. The third-order valence-corrected chi connectivity index (χ3v) is 2.24. The van der Waals surface area contributed by atoms with Gasteiger partial charge >= 0.3 is 0 Å². The van der Waals surface area contributed by atoms with E-state index in [0.29, 0.717) is 0 Å². The fraction of sp³-hybridized carbons (Fsp3) is 0.462. The van der Waals surface area contributed by atoms with E-state index < -0.39 is 0 Å². The molecule has 0 radical (unpaired) electrons. The first kappa shape index (κ1) is 16.8. The third-order valence-electron chi connectivity index (χ3n) is 1.61. The average molecular weight is 272 g/mol. The fourth-order valence-electron chi connectivity index (χ4n) is 0.995. The highest BCUT2D eigenvalue weighted by Crippen LogP contribution is 2.20. The molecule has 0 atom stereocenters. The van der Waals surface area contributed by atoms with E-state index in [2.05, 4.69) is 34.4 Å². The summed E-state index contributed by atoms with van der Waals surface area (Å²) in [6, 6.07) is 0. The number of hydrogen-bond acceptors (Lipinski definition) is 1. The van der Waals surface area contributed by atoms with E-state index in [9.17, 15) is 0 Å². The van der Waals surface area contributed by atoms with E-state index in [1.807, 2.05) is 40.0 Å². The lowest BCUT2D eigenvalue weighted by molar-refractivity contribution is 1.09. The van der Waals surface area contributed by atoms with Crippen molar-refractivity contribution in [3.8, 4) is 0 Å². The smallest absolute Gasteiger partial charge is 0.0433 e. The molecule has 0 unspecified atom stereocenters. The Bertz CT molecular complexity index is 269. The largest absolute Gasteiger partial charge is 0.263 e. The molecule has 0 aliphatic rings. The average Bonchev–Trinajstić information content (AvgIpc) is 2.33. The van der Waals surface area contributed by atoms with Gasteiger partial charge in [-0.1, -0.05) is 47.3 Å². The molecule has 0 bridgehead atoms. The first-order valence-electron chi connectivity index (χ1n) is 5.54. The summed E-state index contributed by atoms with van der Waals surface area (Å²) in [5.74, 6) is 0. The van der Waals surface area contributed by atoms with Gasteiger partial charge in [-0.25, -0.2) is 0 Å². The van der Waals surface area contributed by atoms with Crippen LogP contribution in [-0.2, 0) is 6.42 Å². The highest BCUT2D eigenvalue weighted by molar-refractivity contribution is 9.10. The van der Waals surface area contributed by atoms with Crippen molar-refractivity contribution in [3.63, 3.8) is 0 Å². The molecule has 0 amide bonds. The van der Waals surface area contributed by atoms with Crippen LogP contribution in [0.2, 0.25) is 0 Å². The zero-order chi connectivity index (χ0) is 12.3. The summed E-state index contributed by atoms with van der Waals surface area (Å²) in [5, 5.41) is 0. The van der Waals surface area contributed by atoms with Gasteiger partial charge in [0.15, 0.2) is 0 Å². The Morgan fingerprint density at radius 1 is 1.27 bits per heavy atom. The highest BCUT2D eigenvalue weighted by atomic mass is 79.9. The molecular weight excluding hydrogens is 250 g/mol. The van der Waals surface area contributed by atoms with Gasteiger partial charge < -0.3 is 0 Å². The Kier molecular flexibility index (Phi) is 12.8. The molecule has 0 aliphatic carbocycles. The minimum Gasteiger partial charge on any atom is -0.263 e. The van der Waals surface area contributed by atoms with Gasteiger partial charge in [0.25, 0.3) is 0 Å². The molecule has 0 fully saturated rings. The molecule has 1 aromatic heterocycles. The Morgan fingerprint density at radius 2 is 1.80 bits per heavy atom.